The molecule has 0 atom stereocenters. The summed E-state index contributed by atoms with van der Waals surface area (Å²) in [5, 5.41) is 13.9. The van der Waals surface area contributed by atoms with Crippen LogP contribution in [0.1, 0.15) is 0 Å². The minimum atomic E-state index is -3.92. The molecule has 0 amide bonds. The van der Waals surface area contributed by atoms with Gasteiger partial charge in [-0.25, -0.2) is 8.42 Å². The first-order valence-corrected chi connectivity index (χ1v) is 7.72. The third-order valence-electron chi connectivity index (χ3n) is 3.00. The van der Waals surface area contributed by atoms with Crippen molar-refractivity contribution in [3.8, 4) is 0 Å². The Morgan fingerprint density at radius 2 is 1.86 bits per heavy atom. The van der Waals surface area contributed by atoms with Crippen molar-refractivity contribution in [1.29, 1.82) is 0 Å². The van der Waals surface area contributed by atoms with Gasteiger partial charge in [0.05, 0.1) is 4.92 Å². The number of anilines is 1. The third kappa shape index (κ3) is 3.90. The lowest BCUT2D eigenvalue weighted by atomic mass is 10.3. The molecule has 0 aromatic heterocycles. The maximum Gasteiger partial charge on any atom is 0.312 e. The number of hydrogen-bond donors (Lipinski definition) is 1. The Labute approximate surface area is 124 Å². The van der Waals surface area contributed by atoms with Crippen molar-refractivity contribution in [1.82, 2.24) is 9.21 Å². The van der Waals surface area contributed by atoms with Crippen LogP contribution in [-0.4, -0.2) is 63.8 Å². The largest absolute Gasteiger partial charge is 0.383 e. The van der Waals surface area contributed by atoms with Gasteiger partial charge in [0.1, 0.15) is 5.69 Å². The van der Waals surface area contributed by atoms with Crippen LogP contribution in [0.3, 0.4) is 0 Å². The van der Waals surface area contributed by atoms with Crippen LogP contribution in [0, 0.1) is 10.1 Å². The summed E-state index contributed by atoms with van der Waals surface area (Å²) >= 11 is 0. The number of para-hydroxylation sites is 1. The molecule has 1 aromatic rings. The number of nitro groups is 1. The van der Waals surface area contributed by atoms with Gasteiger partial charge in [-0.05, 0) is 26.2 Å². The molecular weight excluding hydrogens is 296 g/mol. The molecule has 9 heteroatoms. The van der Waals surface area contributed by atoms with Gasteiger partial charge in [0, 0.05) is 27.2 Å². The van der Waals surface area contributed by atoms with E-state index < -0.39 is 20.6 Å². The fourth-order valence-electron chi connectivity index (χ4n) is 1.75. The summed E-state index contributed by atoms with van der Waals surface area (Å²) in [6, 6.07) is 4.20. The van der Waals surface area contributed by atoms with Crippen molar-refractivity contribution in [2.75, 3.05) is 46.6 Å². The average Bonchev–Trinajstić information content (AvgIpc) is 2.43. The molecule has 0 spiro atoms. The monoisotopic (exact) mass is 316 g/mol. The maximum absolute atomic E-state index is 12.5. The van der Waals surface area contributed by atoms with E-state index in [0.717, 1.165) is 4.31 Å². The van der Waals surface area contributed by atoms with Crippen LogP contribution in [0.4, 0.5) is 11.4 Å². The lowest BCUT2D eigenvalue weighted by Gasteiger charge is -2.19. The normalized spacial score (nSPS) is 11.9. The molecule has 0 unspecified atom stereocenters. The van der Waals surface area contributed by atoms with E-state index in [1.54, 1.807) is 0 Å². The molecule has 21 heavy (non-hydrogen) atoms. The second kappa shape index (κ2) is 6.83. The van der Waals surface area contributed by atoms with E-state index in [4.69, 9.17) is 0 Å². The predicted octanol–water partition coefficient (Wildman–Crippen LogP) is 0.819. The molecule has 1 rings (SSSR count). The minimum absolute atomic E-state index is 0.169. The number of benzene rings is 1. The van der Waals surface area contributed by atoms with E-state index >= 15 is 0 Å². The fraction of sp³-hybridized carbons (Fsp3) is 0.500. The van der Waals surface area contributed by atoms with Crippen molar-refractivity contribution in [2.24, 2.45) is 0 Å². The maximum atomic E-state index is 12.5. The van der Waals surface area contributed by atoms with Gasteiger partial charge in [0.2, 0.25) is 10.0 Å². The summed E-state index contributed by atoms with van der Waals surface area (Å²) in [5.41, 5.74) is -0.265. The van der Waals surface area contributed by atoms with Crippen LogP contribution in [0.15, 0.2) is 23.1 Å². The van der Waals surface area contributed by atoms with Crippen LogP contribution >= 0.6 is 0 Å². The molecule has 0 bridgehead atoms. The van der Waals surface area contributed by atoms with Gasteiger partial charge in [0.15, 0.2) is 4.90 Å². The zero-order valence-electron chi connectivity index (χ0n) is 12.5. The SMILES string of the molecule is CNc1cccc(S(=O)(=O)N(C)CCN(C)C)c1[N+](=O)[O-]. The number of likely N-dealkylation sites (N-methyl/N-ethyl adjacent to an activating group) is 2. The molecule has 8 nitrogen and oxygen atoms in total. The number of sulfonamides is 1. The average molecular weight is 316 g/mol. The number of hydrogen-bond acceptors (Lipinski definition) is 6. The fourth-order valence-corrected chi connectivity index (χ4v) is 3.09. The van der Waals surface area contributed by atoms with Crippen molar-refractivity contribution in [3.63, 3.8) is 0 Å². The van der Waals surface area contributed by atoms with Crippen LogP contribution in [0.25, 0.3) is 0 Å². The molecule has 0 aliphatic carbocycles. The van der Waals surface area contributed by atoms with Gasteiger partial charge in [-0.1, -0.05) is 6.07 Å². The van der Waals surface area contributed by atoms with Gasteiger partial charge >= 0.3 is 5.69 Å². The Morgan fingerprint density at radius 1 is 1.24 bits per heavy atom. The Bertz CT molecular complexity index is 616. The highest BCUT2D eigenvalue weighted by atomic mass is 32.2. The molecule has 0 saturated carbocycles. The van der Waals surface area contributed by atoms with E-state index in [2.05, 4.69) is 5.32 Å². The number of nitrogens with one attached hydrogen (secondary N) is 1. The van der Waals surface area contributed by atoms with Crippen molar-refractivity contribution in [2.45, 2.75) is 4.90 Å². The highest BCUT2D eigenvalue weighted by Gasteiger charge is 2.31. The summed E-state index contributed by atoms with van der Waals surface area (Å²) in [6.45, 7) is 0.769. The Morgan fingerprint density at radius 3 is 2.33 bits per heavy atom. The van der Waals surface area contributed by atoms with Crippen molar-refractivity contribution in [3.05, 3.63) is 28.3 Å². The summed E-state index contributed by atoms with van der Waals surface area (Å²) in [5.74, 6) is 0. The Kier molecular flexibility index (Phi) is 5.64. The first-order valence-electron chi connectivity index (χ1n) is 6.28. The molecule has 1 N–H and O–H groups in total. The van der Waals surface area contributed by atoms with E-state index in [-0.39, 0.29) is 17.1 Å². The second-order valence-corrected chi connectivity index (χ2v) is 6.80. The zero-order chi connectivity index (χ0) is 16.2. The highest BCUT2D eigenvalue weighted by Crippen LogP contribution is 2.32. The quantitative estimate of drug-likeness (QED) is 0.591. The van der Waals surface area contributed by atoms with E-state index in [0.29, 0.717) is 6.54 Å². The highest BCUT2D eigenvalue weighted by molar-refractivity contribution is 7.89. The molecule has 0 radical (unpaired) electrons. The van der Waals surface area contributed by atoms with Gasteiger partial charge in [-0.2, -0.15) is 4.31 Å². The lowest BCUT2D eigenvalue weighted by Crippen LogP contribution is -2.33. The van der Waals surface area contributed by atoms with Gasteiger partial charge in [-0.3, -0.25) is 10.1 Å². The van der Waals surface area contributed by atoms with Crippen molar-refractivity contribution < 1.29 is 13.3 Å². The standard InChI is InChI=1S/C12H20N4O4S/c1-13-10-6-5-7-11(12(10)16(17)18)21(19,20)15(4)9-8-14(2)3/h5-7,13H,8-9H2,1-4H3. The number of nitrogens with zero attached hydrogens (tertiary/aromatic N) is 3. The second-order valence-electron chi connectivity index (χ2n) is 4.79. The summed E-state index contributed by atoms with van der Waals surface area (Å²) in [4.78, 5) is 12.1. The molecule has 0 fully saturated rings. The number of nitro benzene ring substituents is 1. The smallest absolute Gasteiger partial charge is 0.312 e. The van der Waals surface area contributed by atoms with Crippen LogP contribution < -0.4 is 5.32 Å². The predicted molar refractivity (Wildman–Crippen MR) is 81.0 cm³/mol. The van der Waals surface area contributed by atoms with Gasteiger partial charge < -0.3 is 10.2 Å². The van der Waals surface area contributed by atoms with E-state index in [1.165, 1.54) is 32.3 Å². The third-order valence-corrected chi connectivity index (χ3v) is 4.89. The molecule has 0 aliphatic rings. The summed E-state index contributed by atoms with van der Waals surface area (Å²) in [7, 11) is 2.65. The molecule has 118 valence electrons. The molecule has 0 heterocycles. The minimum Gasteiger partial charge on any atom is -0.383 e. The van der Waals surface area contributed by atoms with Gasteiger partial charge in [0.25, 0.3) is 0 Å². The van der Waals surface area contributed by atoms with Crippen molar-refractivity contribution >= 4 is 21.4 Å². The lowest BCUT2D eigenvalue weighted by molar-refractivity contribution is -0.386. The Balaban J connectivity index is 3.28. The first-order chi connectivity index (χ1) is 9.71. The molecular formula is C12H20N4O4S. The molecule has 1 aromatic carbocycles. The zero-order valence-corrected chi connectivity index (χ0v) is 13.3. The van der Waals surface area contributed by atoms with Crippen LogP contribution in [0.2, 0.25) is 0 Å². The molecule has 0 aliphatic heterocycles. The molecule has 0 saturated heterocycles. The van der Waals surface area contributed by atoms with Crippen LogP contribution in [-0.2, 0) is 10.0 Å². The van der Waals surface area contributed by atoms with E-state index in [9.17, 15) is 18.5 Å². The summed E-state index contributed by atoms with van der Waals surface area (Å²) in [6.07, 6.45) is 0. The first kappa shape index (κ1) is 17.3. The van der Waals surface area contributed by atoms with Gasteiger partial charge in [-0.15, -0.1) is 0 Å². The topological polar surface area (TPSA) is 95.8 Å². The van der Waals surface area contributed by atoms with E-state index in [1.807, 2.05) is 19.0 Å². The number of rotatable bonds is 7. The summed E-state index contributed by atoms with van der Waals surface area (Å²) < 4.78 is 26.1. The Hall–Kier alpha value is -1.71. The van der Waals surface area contributed by atoms with Crippen LogP contribution in [0.5, 0.6) is 0 Å².